The molecule has 0 radical (unpaired) electrons. The summed E-state index contributed by atoms with van der Waals surface area (Å²) < 4.78 is 11.3. The van der Waals surface area contributed by atoms with Gasteiger partial charge in [-0.15, -0.1) is 23.3 Å². The summed E-state index contributed by atoms with van der Waals surface area (Å²) in [5.74, 6) is 4.71. The van der Waals surface area contributed by atoms with Crippen molar-refractivity contribution >= 4 is 91.5 Å². The summed E-state index contributed by atoms with van der Waals surface area (Å²) in [6.07, 6.45) is 14.1. The van der Waals surface area contributed by atoms with Gasteiger partial charge in [0.2, 0.25) is 0 Å². The Morgan fingerprint density at radius 3 is 0.906 bits per heavy atom. The summed E-state index contributed by atoms with van der Waals surface area (Å²) >= 11 is 0. The second-order valence-electron chi connectivity index (χ2n) is 14.6. The number of furan rings is 2. The van der Waals surface area contributed by atoms with Gasteiger partial charge in [-0.2, -0.15) is 0 Å². The first-order valence-corrected chi connectivity index (χ1v) is 23.4. The van der Waals surface area contributed by atoms with E-state index in [1.165, 1.54) is 31.8 Å². The van der Waals surface area contributed by atoms with Gasteiger partial charge in [-0.1, -0.05) is 146 Å². The Morgan fingerprint density at radius 1 is 0.297 bits per heavy atom. The third-order valence-electron chi connectivity index (χ3n) is 10.8. The minimum Gasteiger partial charge on any atom is -0.458 e. The molecule has 0 aliphatic rings. The second kappa shape index (κ2) is 22.1. The van der Waals surface area contributed by atoms with E-state index in [0.29, 0.717) is 0 Å². The van der Waals surface area contributed by atoms with Crippen LogP contribution in [-0.2, 0) is 44.8 Å². The average molecular weight is 1220 g/mol. The third kappa shape index (κ3) is 10.2. The molecule has 0 saturated heterocycles. The largest absolute Gasteiger partial charge is 1.00 e. The number of hydrogen-bond acceptors (Lipinski definition) is 2. The molecule has 0 amide bonds. The first-order valence-electron chi connectivity index (χ1n) is 20.4. The van der Waals surface area contributed by atoms with E-state index in [1.54, 1.807) is 0 Å². The number of para-hydroxylation sites is 2. The van der Waals surface area contributed by atoms with E-state index in [9.17, 15) is 0 Å². The molecule has 2 nitrogen and oxygen atoms in total. The van der Waals surface area contributed by atoms with Crippen LogP contribution in [0.15, 0.2) is 239 Å². The Balaban J connectivity index is 0.000000159. The van der Waals surface area contributed by atoms with Gasteiger partial charge in [0.1, 0.15) is 70.0 Å². The molecule has 64 heavy (non-hydrogen) atoms. The smallest absolute Gasteiger partial charge is 0.458 e. The fourth-order valence-electron chi connectivity index (χ4n) is 7.90. The topological polar surface area (TPSA) is 26.3 Å². The minimum atomic E-state index is -1.14. The first kappa shape index (κ1) is 46.0. The van der Waals surface area contributed by atoms with Crippen molar-refractivity contribution in [3.63, 3.8) is 0 Å². The normalized spacial score (nSPS) is 10.5. The zero-order valence-corrected chi connectivity index (χ0v) is 40.7. The predicted molar refractivity (Wildman–Crippen MR) is 267 cm³/mol. The van der Waals surface area contributed by atoms with Crippen LogP contribution in [0.1, 0.15) is 11.1 Å². The van der Waals surface area contributed by atoms with Crippen LogP contribution in [0.25, 0.3) is 43.9 Å². The fourth-order valence-corrected chi connectivity index (χ4v) is 13.9. The summed E-state index contributed by atoms with van der Waals surface area (Å²) in [5, 5.41) is 13.1. The van der Waals surface area contributed by atoms with Gasteiger partial charge >= 0.3 is 44.8 Å². The standard InChI is InChI=1S/C30H24P2.2C14H7O.2Au/c1-5-15-25(16-6-1)31(26-17-7-2-8-18-26)29-23-13-14-24-30(29)32(27-19-9-3-10-20-27)28-21-11-4-12-22-28;2*1-2-10-7-8-12-11-5-3-4-6-13(11)15-14(12)9-10;;/h1-24H;2*3-9H;;/q;2*-1;2*+1/p+2. The maximum absolute atomic E-state index is 7.06. The van der Waals surface area contributed by atoms with E-state index >= 15 is 0 Å². The van der Waals surface area contributed by atoms with Crippen LogP contribution in [-0.4, -0.2) is 0 Å². The quantitative estimate of drug-likeness (QED) is 0.0718. The monoisotopic (exact) mass is 1220 g/mol. The summed E-state index contributed by atoms with van der Waals surface area (Å²) in [6, 6.07) is 80.6. The van der Waals surface area contributed by atoms with Crippen LogP contribution in [0.5, 0.6) is 0 Å². The van der Waals surface area contributed by atoms with Gasteiger partial charge in [0.25, 0.3) is 0 Å². The minimum absolute atomic E-state index is 0. The van der Waals surface area contributed by atoms with Gasteiger partial charge in [-0.3, -0.25) is 11.8 Å². The molecule has 2 aromatic heterocycles. The van der Waals surface area contributed by atoms with Crippen molar-refractivity contribution in [2.45, 2.75) is 0 Å². The van der Waals surface area contributed by atoms with Gasteiger partial charge in [0, 0.05) is 21.5 Å². The van der Waals surface area contributed by atoms with Crippen LogP contribution in [0, 0.1) is 24.7 Å². The molecular weight excluding hydrogens is 1180 g/mol. The van der Waals surface area contributed by atoms with E-state index in [0.717, 1.165) is 55.0 Å². The van der Waals surface area contributed by atoms with Crippen LogP contribution in [0.2, 0.25) is 0 Å². The van der Waals surface area contributed by atoms with E-state index < -0.39 is 15.8 Å². The maximum atomic E-state index is 7.06. The van der Waals surface area contributed by atoms with E-state index in [2.05, 4.69) is 157 Å². The van der Waals surface area contributed by atoms with Gasteiger partial charge in [0.15, 0.2) is 0 Å². The molecular formula is C58H40Au2O2P2+2. The van der Waals surface area contributed by atoms with E-state index in [1.807, 2.05) is 84.9 Å². The predicted octanol–water partition coefficient (Wildman–Crippen LogP) is 11.7. The Morgan fingerprint density at radius 2 is 0.578 bits per heavy atom. The van der Waals surface area contributed by atoms with E-state index in [4.69, 9.17) is 21.7 Å². The fraction of sp³-hybridized carbons (Fsp3) is 0. The van der Waals surface area contributed by atoms with Gasteiger partial charge in [0.05, 0.1) is 0 Å². The molecule has 314 valence electrons. The molecule has 0 fully saturated rings. The average Bonchev–Trinajstić information content (AvgIpc) is 3.91. The van der Waals surface area contributed by atoms with Crippen LogP contribution < -0.4 is 31.8 Å². The molecule has 0 aliphatic carbocycles. The molecule has 0 unspecified atom stereocenters. The number of hydrogen-bond donors (Lipinski definition) is 0. The molecule has 0 N–H and O–H groups in total. The zero-order valence-electron chi connectivity index (χ0n) is 34.4. The molecule has 0 atom stereocenters. The summed E-state index contributed by atoms with van der Waals surface area (Å²) in [5.41, 5.74) is 4.87. The molecule has 6 heteroatoms. The van der Waals surface area contributed by atoms with Gasteiger partial charge in [-0.05, 0) is 72.8 Å². The number of benzene rings is 9. The maximum Gasteiger partial charge on any atom is 1.00 e. The Labute approximate surface area is 408 Å². The second-order valence-corrected chi connectivity index (χ2v) is 19.5. The van der Waals surface area contributed by atoms with E-state index in [-0.39, 0.29) is 44.8 Å². The molecule has 0 saturated carbocycles. The summed E-state index contributed by atoms with van der Waals surface area (Å²) in [6.45, 7) is 0. The number of fused-ring (bicyclic) bond motifs is 6. The van der Waals surface area contributed by atoms with Crippen molar-refractivity contribution < 1.29 is 53.6 Å². The van der Waals surface area contributed by atoms with Crippen LogP contribution >= 0.6 is 15.8 Å². The molecule has 0 spiro atoms. The summed E-state index contributed by atoms with van der Waals surface area (Å²) in [7, 11) is -2.28. The zero-order chi connectivity index (χ0) is 42.1. The molecule has 0 aliphatic heterocycles. The molecule has 0 bridgehead atoms. The van der Waals surface area contributed by atoms with Crippen molar-refractivity contribution in [1.82, 2.24) is 0 Å². The first-order chi connectivity index (χ1) is 30.7. The SMILES string of the molecule is [Au+].[Au+].[C-]#Cc1ccc2c(c1)oc1ccccc12.[C-]#Cc1ccc2c(c1)oc1ccccc12.c1ccc([PH+](c2ccccc2)c2ccccc2[PH+](c2ccccc2)c2ccccc2)cc1. The van der Waals surface area contributed by atoms with Crippen LogP contribution in [0.3, 0.4) is 0 Å². The molecule has 9 aromatic carbocycles. The van der Waals surface area contributed by atoms with Crippen molar-refractivity contribution in [3.05, 3.63) is 254 Å². The van der Waals surface area contributed by atoms with Crippen molar-refractivity contribution in [1.29, 1.82) is 0 Å². The van der Waals surface area contributed by atoms with Crippen molar-refractivity contribution in [3.8, 4) is 11.8 Å². The van der Waals surface area contributed by atoms with Gasteiger partial charge in [-0.25, -0.2) is 0 Å². The Kier molecular flexibility index (Phi) is 15.9. The molecule has 11 rings (SSSR count). The van der Waals surface area contributed by atoms with Crippen LogP contribution in [0.4, 0.5) is 0 Å². The molecule has 11 aromatic rings. The third-order valence-corrected chi connectivity index (χ3v) is 16.6. The van der Waals surface area contributed by atoms with Crippen molar-refractivity contribution in [2.24, 2.45) is 0 Å². The summed E-state index contributed by atoms with van der Waals surface area (Å²) in [4.78, 5) is 0. The Bertz CT molecular complexity index is 3030. The van der Waals surface area contributed by atoms with Crippen molar-refractivity contribution in [2.75, 3.05) is 0 Å². The Hall–Kier alpha value is -5.96. The molecule has 2 heterocycles. The van der Waals surface area contributed by atoms with Gasteiger partial charge < -0.3 is 21.7 Å². The number of rotatable bonds is 6.